The number of fused-ring (bicyclic) bond motifs is 1. The summed E-state index contributed by atoms with van der Waals surface area (Å²) in [5.74, 6) is -2.86. The van der Waals surface area contributed by atoms with Crippen molar-refractivity contribution in [3.05, 3.63) is 92.2 Å². The number of hydrogen-bond donors (Lipinski definition) is 4. The zero-order valence-electron chi connectivity index (χ0n) is 26.1. The highest BCUT2D eigenvalue weighted by Gasteiger charge is 2.25. The monoisotopic (exact) mass is 678 g/mol. The number of carboxylic acids is 1. The minimum atomic E-state index is -1.37. The quantitative estimate of drug-likeness (QED) is 0.186. The van der Waals surface area contributed by atoms with E-state index >= 15 is 4.39 Å². The van der Waals surface area contributed by atoms with Gasteiger partial charge in [0.15, 0.2) is 0 Å². The standard InChI is InChI=1S/C33H35FN6O7S/c1-2-38-18-24(32(44)45)30(42)23-15-25(34)28(16-27(23)38)39-9-11-40(12-10-39)33(46)47-19-20-5-7-21(8-6-20)37-29(41)17-36-31(43)26(35)14-22-4-3-13-48-22/h3-8,13,15-16,18,26H,2,9-12,14,17,19,35H2,1H3,(H,36,43)(H,37,41)(H,44,45). The number of halogens is 1. The zero-order valence-corrected chi connectivity index (χ0v) is 26.9. The molecular formula is C33H35FN6O7S. The van der Waals surface area contributed by atoms with Gasteiger partial charge in [-0.2, -0.15) is 0 Å². The van der Waals surface area contributed by atoms with Gasteiger partial charge in [0, 0.05) is 61.3 Å². The largest absolute Gasteiger partial charge is 0.477 e. The molecule has 3 heterocycles. The normalized spacial score (nSPS) is 13.6. The van der Waals surface area contributed by atoms with E-state index in [2.05, 4.69) is 10.6 Å². The van der Waals surface area contributed by atoms with Crippen LogP contribution in [0.2, 0.25) is 0 Å². The molecule has 2 aromatic heterocycles. The van der Waals surface area contributed by atoms with E-state index in [1.807, 2.05) is 17.5 Å². The molecule has 13 nitrogen and oxygen atoms in total. The lowest BCUT2D eigenvalue weighted by molar-refractivity contribution is -0.125. The van der Waals surface area contributed by atoms with Crippen molar-refractivity contribution in [1.29, 1.82) is 0 Å². The second-order valence-corrected chi connectivity index (χ2v) is 12.2. The predicted octanol–water partition coefficient (Wildman–Crippen LogP) is 3.00. The molecule has 3 amide bonds. The number of nitrogens with two attached hydrogens (primary N) is 1. The number of ether oxygens (including phenoxy) is 1. The van der Waals surface area contributed by atoms with Crippen molar-refractivity contribution in [3.8, 4) is 0 Å². The third-order valence-corrected chi connectivity index (χ3v) is 8.86. The van der Waals surface area contributed by atoms with Gasteiger partial charge in [-0.25, -0.2) is 14.0 Å². The molecule has 252 valence electrons. The van der Waals surface area contributed by atoms with Crippen LogP contribution in [0.5, 0.6) is 0 Å². The van der Waals surface area contributed by atoms with E-state index in [4.69, 9.17) is 10.5 Å². The zero-order chi connectivity index (χ0) is 34.4. The number of hydrogen-bond acceptors (Lipinski definition) is 9. The van der Waals surface area contributed by atoms with Crippen LogP contribution in [0.4, 0.5) is 20.6 Å². The molecule has 0 aliphatic carbocycles. The fraction of sp³-hybridized carbons (Fsp3) is 0.303. The van der Waals surface area contributed by atoms with Gasteiger partial charge in [-0.3, -0.25) is 14.4 Å². The number of pyridine rings is 1. The smallest absolute Gasteiger partial charge is 0.410 e. The van der Waals surface area contributed by atoms with Gasteiger partial charge in [-0.05, 0) is 48.2 Å². The molecule has 2 aromatic carbocycles. The van der Waals surface area contributed by atoms with E-state index in [-0.39, 0.29) is 37.3 Å². The highest BCUT2D eigenvalue weighted by molar-refractivity contribution is 7.09. The summed E-state index contributed by atoms with van der Waals surface area (Å²) in [6.07, 6.45) is 1.13. The molecule has 0 saturated carbocycles. The summed E-state index contributed by atoms with van der Waals surface area (Å²) in [6, 6.07) is 12.4. The van der Waals surface area contributed by atoms with Crippen LogP contribution in [-0.4, -0.2) is 77.2 Å². The van der Waals surface area contributed by atoms with Crippen LogP contribution < -0.4 is 26.7 Å². The Kier molecular flexibility index (Phi) is 10.7. The Morgan fingerprint density at radius 3 is 2.46 bits per heavy atom. The van der Waals surface area contributed by atoms with Gasteiger partial charge in [0.25, 0.3) is 0 Å². The summed E-state index contributed by atoms with van der Waals surface area (Å²) < 4.78 is 22.3. The molecule has 4 aromatic rings. The average molecular weight is 679 g/mol. The molecule has 5 rings (SSSR count). The molecule has 1 atom stereocenters. The van der Waals surface area contributed by atoms with E-state index < -0.39 is 46.7 Å². The van der Waals surface area contributed by atoms with Gasteiger partial charge in [0.05, 0.1) is 23.8 Å². The summed E-state index contributed by atoms with van der Waals surface area (Å²) >= 11 is 1.51. The number of benzene rings is 2. The highest BCUT2D eigenvalue weighted by atomic mass is 32.1. The molecule has 0 spiro atoms. The van der Waals surface area contributed by atoms with Gasteiger partial charge >= 0.3 is 12.1 Å². The summed E-state index contributed by atoms with van der Waals surface area (Å²) in [5, 5.41) is 16.5. The van der Waals surface area contributed by atoms with Crippen LogP contribution in [0, 0.1) is 5.82 Å². The number of thiophene rings is 1. The van der Waals surface area contributed by atoms with Crippen molar-refractivity contribution in [2.45, 2.75) is 32.5 Å². The maximum Gasteiger partial charge on any atom is 0.410 e. The number of carboxylic acid groups (broad SMARTS) is 1. The van der Waals surface area contributed by atoms with Crippen molar-refractivity contribution < 1.29 is 33.4 Å². The molecule has 5 N–H and O–H groups in total. The Hall–Kier alpha value is -5.28. The fourth-order valence-electron chi connectivity index (χ4n) is 5.35. The van der Waals surface area contributed by atoms with Gasteiger partial charge < -0.3 is 40.6 Å². The number of amides is 3. The van der Waals surface area contributed by atoms with Gasteiger partial charge in [-0.1, -0.05) is 18.2 Å². The minimum Gasteiger partial charge on any atom is -0.477 e. The number of rotatable bonds is 11. The van der Waals surface area contributed by atoms with Crippen LogP contribution in [0.15, 0.2) is 64.9 Å². The Morgan fingerprint density at radius 2 is 1.81 bits per heavy atom. The van der Waals surface area contributed by atoms with Gasteiger partial charge in [0.1, 0.15) is 18.0 Å². The lowest BCUT2D eigenvalue weighted by Gasteiger charge is -2.35. The molecule has 1 fully saturated rings. The maximum absolute atomic E-state index is 15.2. The van der Waals surface area contributed by atoms with Crippen molar-refractivity contribution >= 4 is 57.5 Å². The number of carbonyl (C=O) groups excluding carboxylic acids is 3. The number of carbonyl (C=O) groups is 4. The molecule has 15 heteroatoms. The van der Waals surface area contributed by atoms with Crippen molar-refractivity contribution in [1.82, 2.24) is 14.8 Å². The van der Waals surface area contributed by atoms with Crippen LogP contribution in [0.1, 0.15) is 27.7 Å². The third-order valence-electron chi connectivity index (χ3n) is 7.96. The van der Waals surface area contributed by atoms with Gasteiger partial charge in [0.2, 0.25) is 17.2 Å². The maximum atomic E-state index is 15.2. The Morgan fingerprint density at radius 1 is 1.08 bits per heavy atom. The van der Waals surface area contributed by atoms with Crippen molar-refractivity contribution in [2.75, 3.05) is 42.9 Å². The Bertz CT molecular complexity index is 1870. The van der Waals surface area contributed by atoms with Crippen LogP contribution in [0.3, 0.4) is 0 Å². The number of anilines is 2. The SMILES string of the molecule is CCn1cc(C(=O)O)c(=O)c2cc(F)c(N3CCN(C(=O)OCc4ccc(NC(=O)CNC(=O)C(N)Cc5cccs5)cc4)CC3)cc21. The van der Waals surface area contributed by atoms with Crippen LogP contribution in [-0.2, 0) is 33.9 Å². The van der Waals surface area contributed by atoms with Crippen LogP contribution >= 0.6 is 11.3 Å². The van der Waals surface area contributed by atoms with E-state index in [0.29, 0.717) is 42.8 Å². The molecule has 0 bridgehead atoms. The first-order valence-corrected chi connectivity index (χ1v) is 16.1. The second-order valence-electron chi connectivity index (χ2n) is 11.2. The van der Waals surface area contributed by atoms with E-state index in [0.717, 1.165) is 10.9 Å². The topological polar surface area (TPSA) is 176 Å². The lowest BCUT2D eigenvalue weighted by atomic mass is 10.1. The van der Waals surface area contributed by atoms with E-state index in [9.17, 15) is 29.1 Å². The summed E-state index contributed by atoms with van der Waals surface area (Å²) in [4.78, 5) is 65.7. The average Bonchev–Trinajstić information content (AvgIpc) is 3.60. The first-order chi connectivity index (χ1) is 23.0. The molecular weight excluding hydrogens is 643 g/mol. The highest BCUT2D eigenvalue weighted by Crippen LogP contribution is 2.26. The number of aromatic nitrogens is 1. The van der Waals surface area contributed by atoms with E-state index in [1.165, 1.54) is 22.4 Å². The number of aromatic carboxylic acids is 1. The molecule has 1 saturated heterocycles. The van der Waals surface area contributed by atoms with Crippen molar-refractivity contribution in [2.24, 2.45) is 5.73 Å². The number of piperazine rings is 1. The van der Waals surface area contributed by atoms with E-state index in [1.54, 1.807) is 46.7 Å². The summed E-state index contributed by atoms with van der Waals surface area (Å²) in [5.41, 5.74) is 6.63. The first kappa shape index (κ1) is 34.1. The second kappa shape index (κ2) is 15.1. The first-order valence-electron chi connectivity index (χ1n) is 15.2. The Balaban J connectivity index is 1.08. The lowest BCUT2D eigenvalue weighted by Crippen LogP contribution is -2.49. The molecule has 0 radical (unpaired) electrons. The summed E-state index contributed by atoms with van der Waals surface area (Å²) in [7, 11) is 0. The van der Waals surface area contributed by atoms with Gasteiger partial charge in [-0.15, -0.1) is 11.3 Å². The third kappa shape index (κ3) is 7.98. The fourth-order valence-corrected chi connectivity index (χ4v) is 6.11. The Labute approximate surface area is 278 Å². The minimum absolute atomic E-state index is 0.00234. The van der Waals surface area contributed by atoms with Crippen molar-refractivity contribution in [3.63, 3.8) is 0 Å². The summed E-state index contributed by atoms with van der Waals surface area (Å²) in [6.45, 7) is 3.12. The number of nitrogens with one attached hydrogen (secondary N) is 2. The predicted molar refractivity (Wildman–Crippen MR) is 179 cm³/mol. The molecule has 48 heavy (non-hydrogen) atoms. The number of nitrogens with zero attached hydrogens (tertiary/aromatic N) is 3. The molecule has 1 aliphatic heterocycles. The molecule has 1 aliphatic rings. The van der Waals surface area contributed by atoms with Crippen LogP contribution in [0.25, 0.3) is 10.9 Å². The molecule has 1 unspecified atom stereocenters. The number of aryl methyl sites for hydroxylation is 1.